The van der Waals surface area contributed by atoms with E-state index in [1.165, 1.54) is 4.90 Å². The second-order valence-corrected chi connectivity index (χ2v) is 6.08. The van der Waals surface area contributed by atoms with Crippen molar-refractivity contribution in [3.05, 3.63) is 0 Å². The van der Waals surface area contributed by atoms with Crippen molar-refractivity contribution in [2.24, 2.45) is 5.92 Å². The van der Waals surface area contributed by atoms with Crippen LogP contribution >= 0.6 is 0 Å². The molecular weight excluding hydrogens is 246 g/mol. The molecule has 5 nitrogen and oxygen atoms in total. The van der Waals surface area contributed by atoms with Crippen LogP contribution in [0.4, 0.5) is 4.79 Å². The van der Waals surface area contributed by atoms with Crippen molar-refractivity contribution in [1.82, 2.24) is 4.90 Å². The van der Waals surface area contributed by atoms with Crippen LogP contribution in [-0.4, -0.2) is 41.8 Å². The van der Waals surface area contributed by atoms with Crippen LogP contribution in [0.2, 0.25) is 0 Å². The van der Waals surface area contributed by atoms with Gasteiger partial charge in [0.05, 0.1) is 6.61 Å². The lowest BCUT2D eigenvalue weighted by Gasteiger charge is -2.37. The zero-order valence-electron chi connectivity index (χ0n) is 12.6. The van der Waals surface area contributed by atoms with E-state index < -0.39 is 17.7 Å². The van der Waals surface area contributed by atoms with E-state index in [-0.39, 0.29) is 5.97 Å². The molecule has 0 radical (unpaired) electrons. The van der Waals surface area contributed by atoms with Gasteiger partial charge in [-0.1, -0.05) is 6.92 Å². The molecular formula is C14H25NO4. The summed E-state index contributed by atoms with van der Waals surface area (Å²) in [6.45, 7) is 10.2. The van der Waals surface area contributed by atoms with E-state index in [4.69, 9.17) is 9.47 Å². The number of likely N-dealkylation sites (tertiary alicyclic amines) is 1. The molecule has 1 aliphatic rings. The van der Waals surface area contributed by atoms with Crippen LogP contribution in [0.1, 0.15) is 47.5 Å². The van der Waals surface area contributed by atoms with E-state index in [1.54, 1.807) is 6.92 Å². The maximum absolute atomic E-state index is 12.2. The van der Waals surface area contributed by atoms with Gasteiger partial charge in [0.25, 0.3) is 0 Å². The molecule has 2 unspecified atom stereocenters. The Labute approximate surface area is 115 Å². The maximum atomic E-state index is 12.2. The van der Waals surface area contributed by atoms with E-state index in [0.29, 0.717) is 25.5 Å². The van der Waals surface area contributed by atoms with E-state index in [1.807, 2.05) is 20.8 Å². The van der Waals surface area contributed by atoms with Gasteiger partial charge >= 0.3 is 12.1 Å². The molecule has 1 fully saturated rings. The Morgan fingerprint density at radius 3 is 2.42 bits per heavy atom. The molecule has 0 aliphatic carbocycles. The zero-order valence-corrected chi connectivity index (χ0v) is 12.6. The number of hydrogen-bond acceptors (Lipinski definition) is 4. The largest absolute Gasteiger partial charge is 0.464 e. The molecule has 0 spiro atoms. The van der Waals surface area contributed by atoms with Crippen LogP contribution in [0.3, 0.4) is 0 Å². The predicted molar refractivity (Wildman–Crippen MR) is 71.8 cm³/mol. The number of ether oxygens (including phenoxy) is 2. The van der Waals surface area contributed by atoms with Crippen molar-refractivity contribution < 1.29 is 19.1 Å². The molecule has 1 amide bonds. The van der Waals surface area contributed by atoms with Gasteiger partial charge in [-0.25, -0.2) is 9.59 Å². The summed E-state index contributed by atoms with van der Waals surface area (Å²) in [5.41, 5.74) is -0.559. The first-order chi connectivity index (χ1) is 8.74. The van der Waals surface area contributed by atoms with E-state index >= 15 is 0 Å². The number of carbonyl (C=O) groups is 2. The number of esters is 1. The average Bonchev–Trinajstić information content (AvgIpc) is 2.26. The summed E-state index contributed by atoms with van der Waals surface area (Å²) < 4.78 is 10.4. The van der Waals surface area contributed by atoms with Gasteiger partial charge in [0.15, 0.2) is 0 Å². The second-order valence-electron chi connectivity index (χ2n) is 6.08. The minimum atomic E-state index is -0.559. The van der Waals surface area contributed by atoms with Crippen LogP contribution in [0.5, 0.6) is 0 Å². The summed E-state index contributed by atoms with van der Waals surface area (Å²) in [5, 5.41) is 0. The van der Waals surface area contributed by atoms with Gasteiger partial charge in [-0.3, -0.25) is 4.90 Å². The van der Waals surface area contributed by atoms with E-state index in [9.17, 15) is 9.59 Å². The lowest BCUT2D eigenvalue weighted by molar-refractivity contribution is -0.151. The number of rotatable bonds is 2. The van der Waals surface area contributed by atoms with Crippen LogP contribution in [-0.2, 0) is 14.3 Å². The average molecular weight is 271 g/mol. The lowest BCUT2D eigenvalue weighted by atomic mass is 9.94. The summed E-state index contributed by atoms with van der Waals surface area (Å²) in [6.07, 6.45) is 1.12. The molecule has 0 aromatic carbocycles. The lowest BCUT2D eigenvalue weighted by Crippen LogP contribution is -2.52. The molecule has 0 aromatic rings. The topological polar surface area (TPSA) is 55.8 Å². The quantitative estimate of drug-likeness (QED) is 0.724. The molecule has 0 aromatic heterocycles. The van der Waals surface area contributed by atoms with Crippen LogP contribution in [0.15, 0.2) is 0 Å². The molecule has 1 rings (SSSR count). The molecule has 19 heavy (non-hydrogen) atoms. The Hall–Kier alpha value is -1.26. The monoisotopic (exact) mass is 271 g/mol. The summed E-state index contributed by atoms with van der Waals surface area (Å²) in [5.74, 6) is 0.0402. The number of hydrogen-bond donors (Lipinski definition) is 0. The molecule has 0 N–H and O–H groups in total. The van der Waals surface area contributed by atoms with Crippen molar-refractivity contribution in [2.75, 3.05) is 13.2 Å². The first kappa shape index (κ1) is 15.8. The summed E-state index contributed by atoms with van der Waals surface area (Å²) >= 11 is 0. The number of nitrogens with zero attached hydrogens (tertiary/aromatic N) is 1. The molecule has 0 bridgehead atoms. The minimum Gasteiger partial charge on any atom is -0.464 e. The Morgan fingerprint density at radius 1 is 1.26 bits per heavy atom. The molecule has 110 valence electrons. The van der Waals surface area contributed by atoms with E-state index in [2.05, 4.69) is 6.92 Å². The highest BCUT2D eigenvalue weighted by Crippen LogP contribution is 2.24. The normalized spacial score (nSPS) is 23.9. The van der Waals surface area contributed by atoms with Crippen molar-refractivity contribution in [1.29, 1.82) is 0 Å². The van der Waals surface area contributed by atoms with Crippen molar-refractivity contribution in [3.8, 4) is 0 Å². The van der Waals surface area contributed by atoms with Gasteiger partial charge < -0.3 is 9.47 Å². The Balaban J connectivity index is 2.78. The van der Waals surface area contributed by atoms with Gasteiger partial charge in [0, 0.05) is 6.54 Å². The van der Waals surface area contributed by atoms with Crippen LogP contribution in [0, 0.1) is 5.92 Å². The van der Waals surface area contributed by atoms with Gasteiger partial charge in [-0.05, 0) is 46.5 Å². The first-order valence-corrected chi connectivity index (χ1v) is 6.91. The minimum absolute atomic E-state index is 0.326. The first-order valence-electron chi connectivity index (χ1n) is 6.91. The number of piperidine rings is 1. The predicted octanol–water partition coefficient (Wildman–Crippen LogP) is 2.59. The number of carbonyl (C=O) groups excluding carboxylic acids is 2. The SMILES string of the molecule is CCOC(=O)C1CCC(C)CN1C(=O)OC(C)(C)C. The van der Waals surface area contributed by atoms with Crippen molar-refractivity contribution >= 4 is 12.1 Å². The fourth-order valence-corrected chi connectivity index (χ4v) is 2.16. The Kier molecular flexibility index (Phi) is 5.20. The molecule has 1 aliphatic heterocycles. The third kappa shape index (κ3) is 4.73. The molecule has 1 saturated heterocycles. The number of amides is 1. The highest BCUT2D eigenvalue weighted by Gasteiger charge is 2.37. The third-order valence-corrected chi connectivity index (χ3v) is 3.00. The highest BCUT2D eigenvalue weighted by atomic mass is 16.6. The van der Waals surface area contributed by atoms with Gasteiger partial charge in [0.1, 0.15) is 11.6 Å². The fourth-order valence-electron chi connectivity index (χ4n) is 2.16. The zero-order chi connectivity index (χ0) is 14.6. The van der Waals surface area contributed by atoms with Gasteiger partial charge in [-0.2, -0.15) is 0 Å². The van der Waals surface area contributed by atoms with E-state index in [0.717, 1.165) is 6.42 Å². The molecule has 5 heteroatoms. The van der Waals surface area contributed by atoms with Crippen LogP contribution < -0.4 is 0 Å². The Bertz CT molecular complexity index is 335. The molecule has 1 heterocycles. The molecule has 2 atom stereocenters. The summed E-state index contributed by atoms with van der Waals surface area (Å²) in [6, 6.07) is -0.508. The summed E-state index contributed by atoms with van der Waals surface area (Å²) in [4.78, 5) is 25.6. The highest BCUT2D eigenvalue weighted by molar-refractivity contribution is 5.81. The standard InChI is InChI=1S/C14H25NO4/c1-6-18-12(16)11-8-7-10(2)9-15(11)13(17)19-14(3,4)5/h10-11H,6-9H2,1-5H3. The van der Waals surface area contributed by atoms with Crippen molar-refractivity contribution in [2.45, 2.75) is 59.1 Å². The smallest absolute Gasteiger partial charge is 0.411 e. The molecule has 0 saturated carbocycles. The summed E-state index contributed by atoms with van der Waals surface area (Å²) in [7, 11) is 0. The van der Waals surface area contributed by atoms with Gasteiger partial charge in [-0.15, -0.1) is 0 Å². The maximum Gasteiger partial charge on any atom is 0.411 e. The third-order valence-electron chi connectivity index (χ3n) is 3.00. The second kappa shape index (κ2) is 6.26. The Morgan fingerprint density at radius 2 is 1.89 bits per heavy atom. The van der Waals surface area contributed by atoms with Gasteiger partial charge in [0.2, 0.25) is 0 Å². The van der Waals surface area contributed by atoms with Crippen molar-refractivity contribution in [3.63, 3.8) is 0 Å². The van der Waals surface area contributed by atoms with Crippen LogP contribution in [0.25, 0.3) is 0 Å². The fraction of sp³-hybridized carbons (Fsp3) is 0.857.